The van der Waals surface area contributed by atoms with E-state index in [9.17, 15) is 0 Å². The molecule has 1 aromatic carbocycles. The van der Waals surface area contributed by atoms with Crippen LogP contribution in [0.2, 0.25) is 39.3 Å². The Kier molecular flexibility index (Phi) is 8.82. The Balaban J connectivity index is 3.32. The SMILES string of the molecule is C=C[Si](C)(C)O[Si](C)(OCCC)O[Si](C)(O[Si](C)(C)C=C)c1ccccc1. The Morgan fingerprint density at radius 1 is 0.815 bits per heavy atom. The van der Waals surface area contributed by atoms with Crippen molar-refractivity contribution in [3.63, 3.8) is 0 Å². The number of hydrogen-bond acceptors (Lipinski definition) is 4. The minimum atomic E-state index is -2.94. The summed E-state index contributed by atoms with van der Waals surface area (Å²) >= 11 is 0. The Hall–Kier alpha value is -0.592. The predicted octanol–water partition coefficient (Wildman–Crippen LogP) is 4.87. The molecule has 4 nitrogen and oxygen atoms in total. The summed E-state index contributed by atoms with van der Waals surface area (Å²) in [6, 6.07) is 10.2. The van der Waals surface area contributed by atoms with Crippen LogP contribution in [0.25, 0.3) is 0 Å². The second-order valence-electron chi connectivity index (χ2n) is 7.94. The quantitative estimate of drug-likeness (QED) is 0.434. The van der Waals surface area contributed by atoms with E-state index in [-0.39, 0.29) is 0 Å². The van der Waals surface area contributed by atoms with E-state index in [0.29, 0.717) is 6.61 Å². The summed E-state index contributed by atoms with van der Waals surface area (Å²) in [4.78, 5) is 0. The fraction of sp³-hybridized carbons (Fsp3) is 0.474. The maximum Gasteiger partial charge on any atom is 0.478 e. The van der Waals surface area contributed by atoms with Gasteiger partial charge in [0.1, 0.15) is 0 Å². The van der Waals surface area contributed by atoms with E-state index >= 15 is 0 Å². The molecule has 0 N–H and O–H groups in total. The Morgan fingerprint density at radius 2 is 1.33 bits per heavy atom. The molecule has 0 fully saturated rings. The van der Waals surface area contributed by atoms with Gasteiger partial charge in [-0.15, -0.1) is 13.2 Å². The van der Waals surface area contributed by atoms with Crippen LogP contribution in [-0.4, -0.2) is 40.6 Å². The summed E-state index contributed by atoms with van der Waals surface area (Å²) in [6.07, 6.45) is 0.906. The second-order valence-corrected chi connectivity index (χ2v) is 22.1. The van der Waals surface area contributed by atoms with Gasteiger partial charge in [0.2, 0.25) is 8.32 Å². The van der Waals surface area contributed by atoms with Gasteiger partial charge in [0, 0.05) is 13.2 Å². The molecule has 8 heteroatoms. The number of hydrogen-bond donors (Lipinski definition) is 0. The van der Waals surface area contributed by atoms with Crippen molar-refractivity contribution < 1.29 is 16.8 Å². The van der Waals surface area contributed by atoms with Gasteiger partial charge in [-0.1, -0.05) is 48.7 Å². The van der Waals surface area contributed by atoms with E-state index in [1.165, 1.54) is 0 Å². The van der Waals surface area contributed by atoms with Crippen LogP contribution in [0.3, 0.4) is 0 Å². The molecule has 1 aromatic rings. The average molecular weight is 441 g/mol. The van der Waals surface area contributed by atoms with Gasteiger partial charge in [-0.2, -0.15) is 0 Å². The number of benzene rings is 1. The predicted molar refractivity (Wildman–Crippen MR) is 124 cm³/mol. The third-order valence-electron chi connectivity index (χ3n) is 4.14. The van der Waals surface area contributed by atoms with E-state index < -0.39 is 34.0 Å². The van der Waals surface area contributed by atoms with Crippen molar-refractivity contribution in [3.8, 4) is 0 Å². The summed E-state index contributed by atoms with van der Waals surface area (Å²) < 4.78 is 26.2. The van der Waals surface area contributed by atoms with Gasteiger partial charge < -0.3 is 16.8 Å². The fourth-order valence-electron chi connectivity index (χ4n) is 2.66. The van der Waals surface area contributed by atoms with E-state index in [0.717, 1.165) is 11.6 Å². The molecule has 0 bridgehead atoms. The van der Waals surface area contributed by atoms with Crippen LogP contribution in [-0.2, 0) is 16.8 Å². The maximum absolute atomic E-state index is 6.77. The summed E-state index contributed by atoms with van der Waals surface area (Å²) in [7, 11) is -9.92. The molecular formula is C19H36O4Si4. The second kappa shape index (κ2) is 9.75. The third-order valence-corrected chi connectivity index (χ3v) is 18.5. The van der Waals surface area contributed by atoms with Crippen LogP contribution in [0, 0.1) is 0 Å². The zero-order valence-electron chi connectivity index (χ0n) is 18.0. The molecular weight excluding hydrogens is 405 g/mol. The topological polar surface area (TPSA) is 36.9 Å². The molecule has 0 heterocycles. The standard InChI is InChI=1S/C19H36O4Si4/c1-10-18-20-27(9,22-25(6,7)12-3)23-26(8,21-24(4,5)11-2)19-16-14-13-15-17-19/h11-17H,2-3,10,18H2,1,4-9H3. The Bertz CT molecular complexity index is 623. The van der Waals surface area contributed by atoms with Crippen molar-refractivity contribution in [3.05, 3.63) is 54.9 Å². The van der Waals surface area contributed by atoms with Crippen LogP contribution in [0.4, 0.5) is 0 Å². The largest absolute Gasteiger partial charge is 0.478 e. The zero-order chi connectivity index (χ0) is 20.8. The molecule has 0 spiro atoms. The van der Waals surface area contributed by atoms with Gasteiger partial charge in [0.15, 0.2) is 8.32 Å². The molecule has 0 aliphatic heterocycles. The molecule has 1 rings (SSSR count). The lowest BCUT2D eigenvalue weighted by atomic mass is 10.4. The lowest BCUT2D eigenvalue weighted by Crippen LogP contribution is -2.65. The first-order valence-electron chi connectivity index (χ1n) is 9.48. The van der Waals surface area contributed by atoms with E-state index in [1.54, 1.807) is 0 Å². The molecule has 152 valence electrons. The highest BCUT2D eigenvalue weighted by atomic mass is 28.5. The zero-order valence-corrected chi connectivity index (χ0v) is 22.0. The molecule has 2 unspecified atom stereocenters. The van der Waals surface area contributed by atoms with Gasteiger partial charge in [-0.3, -0.25) is 0 Å². The van der Waals surface area contributed by atoms with Crippen molar-refractivity contribution >= 4 is 39.2 Å². The molecule has 0 amide bonds. The van der Waals surface area contributed by atoms with Gasteiger partial charge in [0.25, 0.3) is 0 Å². The Labute approximate surface area is 170 Å². The molecule has 0 aliphatic carbocycles. The van der Waals surface area contributed by atoms with Crippen LogP contribution < -0.4 is 5.19 Å². The molecule has 0 aromatic heterocycles. The molecule has 0 saturated heterocycles. The molecule has 27 heavy (non-hydrogen) atoms. The highest BCUT2D eigenvalue weighted by Crippen LogP contribution is 2.26. The van der Waals surface area contributed by atoms with Crippen molar-refractivity contribution in [1.82, 2.24) is 0 Å². The highest BCUT2D eigenvalue weighted by Gasteiger charge is 2.50. The minimum absolute atomic E-state index is 0.603. The van der Waals surface area contributed by atoms with Crippen molar-refractivity contribution in [2.45, 2.75) is 52.6 Å². The molecule has 0 aliphatic rings. The van der Waals surface area contributed by atoms with Crippen LogP contribution >= 0.6 is 0 Å². The molecule has 0 radical (unpaired) electrons. The van der Waals surface area contributed by atoms with E-state index in [2.05, 4.69) is 64.9 Å². The summed E-state index contributed by atoms with van der Waals surface area (Å²) in [5.74, 6) is 0. The highest BCUT2D eigenvalue weighted by molar-refractivity contribution is 6.95. The lowest BCUT2D eigenvalue weighted by Gasteiger charge is -2.41. The van der Waals surface area contributed by atoms with Crippen molar-refractivity contribution in [1.29, 1.82) is 0 Å². The first-order valence-corrected chi connectivity index (χ1v) is 20.0. The minimum Gasteiger partial charge on any atom is -0.430 e. The van der Waals surface area contributed by atoms with Gasteiger partial charge in [0.05, 0.1) is 0 Å². The first-order chi connectivity index (χ1) is 12.4. The van der Waals surface area contributed by atoms with Crippen LogP contribution in [0.5, 0.6) is 0 Å². The number of rotatable bonds is 12. The van der Waals surface area contributed by atoms with Gasteiger partial charge in [-0.05, 0) is 44.3 Å². The van der Waals surface area contributed by atoms with Crippen molar-refractivity contribution in [2.75, 3.05) is 6.61 Å². The third kappa shape index (κ3) is 7.74. The van der Waals surface area contributed by atoms with E-state index in [4.69, 9.17) is 16.8 Å². The van der Waals surface area contributed by atoms with Crippen LogP contribution in [0.1, 0.15) is 13.3 Å². The summed E-state index contributed by atoms with van der Waals surface area (Å²) in [6.45, 7) is 23.2. The van der Waals surface area contributed by atoms with Gasteiger partial charge >= 0.3 is 17.4 Å². The normalized spacial score (nSPS) is 17.0. The Morgan fingerprint density at radius 3 is 1.81 bits per heavy atom. The summed E-state index contributed by atoms with van der Waals surface area (Å²) in [5.41, 5.74) is 3.86. The van der Waals surface area contributed by atoms with Crippen LogP contribution in [0.15, 0.2) is 54.9 Å². The summed E-state index contributed by atoms with van der Waals surface area (Å²) in [5, 5.41) is 1.08. The van der Waals surface area contributed by atoms with Gasteiger partial charge in [-0.25, -0.2) is 0 Å². The average Bonchev–Trinajstić information content (AvgIpc) is 2.59. The lowest BCUT2D eigenvalue weighted by molar-refractivity contribution is 0.158. The molecule has 0 saturated carbocycles. The monoisotopic (exact) mass is 440 g/mol. The smallest absolute Gasteiger partial charge is 0.430 e. The maximum atomic E-state index is 6.77. The van der Waals surface area contributed by atoms with Crippen molar-refractivity contribution in [2.24, 2.45) is 0 Å². The first kappa shape index (κ1) is 24.4. The fourth-order valence-corrected chi connectivity index (χ4v) is 17.9. The van der Waals surface area contributed by atoms with E-state index in [1.807, 2.05) is 36.1 Å². The molecule has 2 atom stereocenters.